The summed E-state index contributed by atoms with van der Waals surface area (Å²) in [6, 6.07) is 26.8. The maximum Gasteiger partial charge on any atom is 0.247 e. The van der Waals surface area contributed by atoms with Gasteiger partial charge in [-0.05, 0) is 65.1 Å². The van der Waals surface area contributed by atoms with E-state index in [-0.39, 0.29) is 30.6 Å². The molecule has 0 aliphatic carbocycles. The number of nitrogens with one attached hydrogen (secondary N) is 1. The Morgan fingerprint density at radius 2 is 1.46 bits per heavy atom. The molecule has 41 heavy (non-hydrogen) atoms. The van der Waals surface area contributed by atoms with Crippen molar-refractivity contribution in [2.75, 3.05) is 20.8 Å². The molecule has 4 rings (SSSR count). The zero-order valence-electron chi connectivity index (χ0n) is 23.0. The maximum atomic E-state index is 13.8. The van der Waals surface area contributed by atoms with E-state index in [1.807, 2.05) is 48.5 Å². The molecule has 0 aliphatic rings. The monoisotopic (exact) mass is 574 g/mol. The van der Waals surface area contributed by atoms with E-state index in [2.05, 4.69) is 5.32 Å². The largest absolute Gasteiger partial charge is 0.493 e. The van der Waals surface area contributed by atoms with Gasteiger partial charge in [0.1, 0.15) is 11.9 Å². The first-order chi connectivity index (χ1) is 19.9. The lowest BCUT2D eigenvalue weighted by Gasteiger charge is -2.32. The maximum absolute atomic E-state index is 13.8. The van der Waals surface area contributed by atoms with Crippen molar-refractivity contribution in [3.63, 3.8) is 0 Å². The predicted molar refractivity (Wildman–Crippen MR) is 158 cm³/mol. The van der Waals surface area contributed by atoms with Crippen molar-refractivity contribution in [1.29, 1.82) is 0 Å². The van der Waals surface area contributed by atoms with Gasteiger partial charge in [0.15, 0.2) is 11.5 Å². The topological polar surface area (TPSA) is 67.9 Å². The molecule has 4 aromatic rings. The van der Waals surface area contributed by atoms with Crippen molar-refractivity contribution in [1.82, 2.24) is 10.2 Å². The summed E-state index contributed by atoms with van der Waals surface area (Å²) >= 11 is 6.04. The van der Waals surface area contributed by atoms with Gasteiger partial charge < -0.3 is 19.7 Å². The third-order valence-electron chi connectivity index (χ3n) is 6.69. The normalized spacial score (nSPS) is 11.4. The van der Waals surface area contributed by atoms with E-state index < -0.39 is 6.04 Å². The first kappa shape index (κ1) is 29.6. The summed E-state index contributed by atoms with van der Waals surface area (Å²) in [6.07, 6.45) is 0.616. The zero-order valence-corrected chi connectivity index (χ0v) is 23.7. The summed E-state index contributed by atoms with van der Waals surface area (Å²) in [5, 5.41) is 3.58. The van der Waals surface area contributed by atoms with E-state index in [9.17, 15) is 14.0 Å². The molecule has 1 unspecified atom stereocenters. The molecule has 6 nitrogen and oxygen atoms in total. The van der Waals surface area contributed by atoms with Crippen molar-refractivity contribution in [2.24, 2.45) is 0 Å². The SMILES string of the molecule is COc1ccc(CCNC(=O)C(c2ccccc2)N(Cc2ccc(F)cc2)C(=O)Cc2ccc(Cl)cc2)cc1OC. The molecule has 212 valence electrons. The van der Waals surface area contributed by atoms with Crippen LogP contribution in [0.15, 0.2) is 97.1 Å². The van der Waals surface area contributed by atoms with Crippen LogP contribution in [0.5, 0.6) is 11.5 Å². The molecule has 0 radical (unpaired) electrons. The number of carbonyl (C=O) groups excluding carboxylic acids is 2. The number of nitrogens with zero attached hydrogens (tertiary/aromatic N) is 1. The summed E-state index contributed by atoms with van der Waals surface area (Å²) < 4.78 is 24.4. The Morgan fingerprint density at radius 1 is 0.829 bits per heavy atom. The van der Waals surface area contributed by atoms with Crippen LogP contribution < -0.4 is 14.8 Å². The number of methoxy groups -OCH3 is 2. The Bertz CT molecular complexity index is 1450. The van der Waals surface area contributed by atoms with E-state index in [1.54, 1.807) is 55.5 Å². The Kier molecular flexibility index (Phi) is 10.3. The second-order valence-corrected chi connectivity index (χ2v) is 9.93. The van der Waals surface area contributed by atoms with Crippen molar-refractivity contribution in [2.45, 2.75) is 25.4 Å². The molecule has 0 fully saturated rings. The van der Waals surface area contributed by atoms with E-state index >= 15 is 0 Å². The molecule has 0 aliphatic heterocycles. The van der Waals surface area contributed by atoms with E-state index in [4.69, 9.17) is 21.1 Å². The van der Waals surface area contributed by atoms with Crippen LogP contribution in [0.3, 0.4) is 0 Å². The van der Waals surface area contributed by atoms with Crippen LogP contribution in [0.2, 0.25) is 5.02 Å². The summed E-state index contributed by atoms with van der Waals surface area (Å²) in [5.74, 6) is 0.293. The smallest absolute Gasteiger partial charge is 0.247 e. The molecule has 2 amide bonds. The van der Waals surface area contributed by atoms with Gasteiger partial charge in [-0.1, -0.05) is 72.3 Å². The molecular formula is C33H32ClFN2O4. The first-order valence-corrected chi connectivity index (χ1v) is 13.6. The fraction of sp³-hybridized carbons (Fsp3) is 0.212. The summed E-state index contributed by atoms with van der Waals surface area (Å²) in [4.78, 5) is 29.2. The standard InChI is InChI=1S/C33H32ClFN2O4/c1-40-29-17-12-24(20-30(29)41-2)18-19-36-33(39)32(26-6-4-3-5-7-26)37(22-25-10-15-28(35)16-11-25)31(38)21-23-8-13-27(34)14-9-23/h3-17,20,32H,18-19,21-22H2,1-2H3,(H,36,39). The van der Waals surface area contributed by atoms with E-state index in [0.717, 1.165) is 11.1 Å². The van der Waals surface area contributed by atoms with Gasteiger partial charge in [-0.15, -0.1) is 0 Å². The van der Waals surface area contributed by atoms with Crippen LogP contribution in [0.4, 0.5) is 4.39 Å². The fourth-order valence-electron chi connectivity index (χ4n) is 4.56. The Morgan fingerprint density at radius 3 is 2.12 bits per heavy atom. The quantitative estimate of drug-likeness (QED) is 0.220. The average molecular weight is 575 g/mol. The molecule has 0 spiro atoms. The Labute approximate surface area is 244 Å². The van der Waals surface area contributed by atoms with Gasteiger partial charge in [-0.2, -0.15) is 0 Å². The highest BCUT2D eigenvalue weighted by atomic mass is 35.5. The highest BCUT2D eigenvalue weighted by molar-refractivity contribution is 6.30. The van der Waals surface area contributed by atoms with Gasteiger partial charge in [0.05, 0.1) is 20.6 Å². The third-order valence-corrected chi connectivity index (χ3v) is 6.94. The Hall–Kier alpha value is -4.36. The molecule has 0 saturated carbocycles. The van der Waals surface area contributed by atoms with E-state index in [1.165, 1.54) is 12.1 Å². The number of carbonyl (C=O) groups is 2. The van der Waals surface area contributed by atoms with Gasteiger partial charge in [0.2, 0.25) is 11.8 Å². The number of rotatable bonds is 12. The van der Waals surface area contributed by atoms with E-state index in [0.29, 0.717) is 40.6 Å². The third kappa shape index (κ3) is 8.08. The highest BCUT2D eigenvalue weighted by Gasteiger charge is 2.31. The van der Waals surface area contributed by atoms with Gasteiger partial charge in [-0.25, -0.2) is 4.39 Å². The van der Waals surface area contributed by atoms with Crippen molar-refractivity contribution < 1.29 is 23.5 Å². The first-order valence-electron chi connectivity index (χ1n) is 13.2. The predicted octanol–water partition coefficient (Wildman–Crippen LogP) is 6.17. The number of amides is 2. The molecule has 0 bridgehead atoms. The zero-order chi connectivity index (χ0) is 29.2. The fourth-order valence-corrected chi connectivity index (χ4v) is 4.69. The molecule has 0 saturated heterocycles. The van der Waals surface area contributed by atoms with Crippen molar-refractivity contribution in [3.05, 3.63) is 130 Å². The van der Waals surface area contributed by atoms with Crippen LogP contribution in [-0.4, -0.2) is 37.5 Å². The molecular weight excluding hydrogens is 543 g/mol. The van der Waals surface area contributed by atoms with Gasteiger partial charge in [0.25, 0.3) is 0 Å². The highest BCUT2D eigenvalue weighted by Crippen LogP contribution is 2.28. The van der Waals surface area contributed by atoms with Crippen LogP contribution in [0, 0.1) is 5.82 Å². The van der Waals surface area contributed by atoms with Crippen LogP contribution in [-0.2, 0) is 29.0 Å². The molecule has 1 atom stereocenters. The molecule has 0 aromatic heterocycles. The van der Waals surface area contributed by atoms with Crippen LogP contribution >= 0.6 is 11.6 Å². The summed E-state index contributed by atoms with van der Waals surface area (Å²) in [7, 11) is 3.15. The Balaban J connectivity index is 1.60. The molecule has 4 aromatic carbocycles. The number of ether oxygens (including phenoxy) is 2. The number of hydrogen-bond donors (Lipinski definition) is 1. The van der Waals surface area contributed by atoms with Crippen molar-refractivity contribution in [3.8, 4) is 11.5 Å². The lowest BCUT2D eigenvalue weighted by Crippen LogP contribution is -2.44. The van der Waals surface area contributed by atoms with Crippen LogP contribution in [0.25, 0.3) is 0 Å². The average Bonchev–Trinajstić information content (AvgIpc) is 2.99. The van der Waals surface area contributed by atoms with Gasteiger partial charge >= 0.3 is 0 Å². The van der Waals surface area contributed by atoms with Gasteiger partial charge in [-0.3, -0.25) is 9.59 Å². The minimum Gasteiger partial charge on any atom is -0.493 e. The number of hydrogen-bond acceptors (Lipinski definition) is 4. The summed E-state index contributed by atoms with van der Waals surface area (Å²) in [6.45, 7) is 0.461. The number of halogens is 2. The van der Waals surface area contributed by atoms with Gasteiger partial charge in [0, 0.05) is 18.1 Å². The summed E-state index contributed by atoms with van der Waals surface area (Å²) in [5.41, 5.74) is 3.10. The minimum atomic E-state index is -0.911. The lowest BCUT2D eigenvalue weighted by atomic mass is 10.0. The second kappa shape index (κ2) is 14.3. The molecule has 8 heteroatoms. The molecule has 0 heterocycles. The van der Waals surface area contributed by atoms with Crippen molar-refractivity contribution >= 4 is 23.4 Å². The lowest BCUT2D eigenvalue weighted by molar-refractivity contribution is -0.141. The minimum absolute atomic E-state index is 0.0701. The molecule has 1 N–H and O–H groups in total. The van der Waals surface area contributed by atoms with Crippen LogP contribution in [0.1, 0.15) is 28.3 Å². The second-order valence-electron chi connectivity index (χ2n) is 9.49. The number of benzene rings is 4.